The lowest BCUT2D eigenvalue weighted by Crippen LogP contribution is -2.15. The molecule has 1 aromatic heterocycles. The molecule has 0 saturated carbocycles. The van der Waals surface area contributed by atoms with Crippen LogP contribution in [-0.4, -0.2) is 33.1 Å². The second-order valence-corrected chi connectivity index (χ2v) is 7.24. The lowest BCUT2D eigenvalue weighted by Gasteiger charge is -2.07. The summed E-state index contributed by atoms with van der Waals surface area (Å²) in [7, 11) is 0. The van der Waals surface area contributed by atoms with Crippen molar-refractivity contribution < 1.29 is 14.3 Å². The molecule has 0 aliphatic carbocycles. The summed E-state index contributed by atoms with van der Waals surface area (Å²) in [6.45, 7) is 3.61. The maximum Gasteiger partial charge on any atom is 0.378 e. The molecule has 0 amide bonds. The minimum Gasteiger partial charge on any atom is -0.451 e. The van der Waals surface area contributed by atoms with Crippen LogP contribution in [0.1, 0.15) is 32.1 Å². The smallest absolute Gasteiger partial charge is 0.378 e. The number of aryl methyl sites for hydroxylation is 2. The van der Waals surface area contributed by atoms with Crippen LogP contribution in [0.2, 0.25) is 0 Å². The van der Waals surface area contributed by atoms with E-state index in [4.69, 9.17) is 4.74 Å². The number of hydrogen-bond acceptors (Lipinski definition) is 5. The minimum absolute atomic E-state index is 0.0991. The van der Waals surface area contributed by atoms with E-state index >= 15 is 0 Å². The quantitative estimate of drug-likeness (QED) is 0.343. The Bertz CT molecular complexity index is 1230. The lowest BCUT2D eigenvalue weighted by molar-refractivity contribution is 0.0462. The molecule has 0 saturated heterocycles. The van der Waals surface area contributed by atoms with Crippen LogP contribution in [0, 0.1) is 13.8 Å². The second kappa shape index (κ2) is 8.75. The van der Waals surface area contributed by atoms with Crippen molar-refractivity contribution in [3.05, 3.63) is 101 Å². The average molecular weight is 411 g/mol. The summed E-state index contributed by atoms with van der Waals surface area (Å²) in [6, 6.07) is 24.2. The van der Waals surface area contributed by atoms with Gasteiger partial charge in [0.1, 0.15) is 0 Å². The molecule has 0 bridgehead atoms. The van der Waals surface area contributed by atoms with Crippen molar-refractivity contribution in [2.75, 3.05) is 6.61 Å². The number of aromatic nitrogens is 3. The van der Waals surface area contributed by atoms with Gasteiger partial charge in [0.05, 0.1) is 5.69 Å². The molecular formula is C25H21N3O3. The van der Waals surface area contributed by atoms with Crippen molar-refractivity contribution >= 4 is 11.8 Å². The van der Waals surface area contributed by atoms with Gasteiger partial charge in [0.15, 0.2) is 18.2 Å². The molecule has 0 N–H and O–H groups in total. The van der Waals surface area contributed by atoms with Gasteiger partial charge in [-0.1, -0.05) is 71.8 Å². The van der Waals surface area contributed by atoms with Crippen LogP contribution < -0.4 is 0 Å². The second-order valence-electron chi connectivity index (χ2n) is 7.24. The van der Waals surface area contributed by atoms with Gasteiger partial charge in [-0.25, -0.2) is 14.5 Å². The maximum atomic E-state index is 12.6. The fourth-order valence-corrected chi connectivity index (χ4v) is 3.14. The predicted molar refractivity (Wildman–Crippen MR) is 117 cm³/mol. The highest BCUT2D eigenvalue weighted by atomic mass is 16.5. The van der Waals surface area contributed by atoms with Gasteiger partial charge in [-0.2, -0.15) is 0 Å². The molecule has 0 aliphatic heterocycles. The van der Waals surface area contributed by atoms with Crippen molar-refractivity contribution in [1.82, 2.24) is 14.8 Å². The van der Waals surface area contributed by atoms with Crippen LogP contribution in [0.25, 0.3) is 17.1 Å². The molecule has 6 heteroatoms. The Kier molecular flexibility index (Phi) is 5.71. The molecule has 4 rings (SSSR count). The number of Topliss-reactive ketones (excluding diaryl/α,β-unsaturated/α-hetero) is 1. The van der Waals surface area contributed by atoms with Gasteiger partial charge in [-0.3, -0.25) is 4.79 Å². The fraction of sp³-hybridized carbons (Fsp3) is 0.120. The number of hydrogen-bond donors (Lipinski definition) is 0. The van der Waals surface area contributed by atoms with E-state index in [1.807, 2.05) is 68.4 Å². The highest BCUT2D eigenvalue weighted by Crippen LogP contribution is 2.23. The monoisotopic (exact) mass is 411 g/mol. The van der Waals surface area contributed by atoms with Crippen LogP contribution in [0.5, 0.6) is 0 Å². The largest absolute Gasteiger partial charge is 0.451 e. The zero-order valence-corrected chi connectivity index (χ0v) is 17.3. The van der Waals surface area contributed by atoms with E-state index in [0.717, 1.165) is 22.4 Å². The van der Waals surface area contributed by atoms with E-state index < -0.39 is 5.97 Å². The predicted octanol–water partition coefficient (Wildman–Crippen LogP) is 4.59. The van der Waals surface area contributed by atoms with Crippen LogP contribution >= 0.6 is 0 Å². The molecule has 6 nitrogen and oxygen atoms in total. The number of carbonyl (C=O) groups excluding carboxylic acids is 2. The van der Waals surface area contributed by atoms with Gasteiger partial charge in [-0.15, -0.1) is 5.10 Å². The van der Waals surface area contributed by atoms with Gasteiger partial charge in [-0.05, 0) is 32.0 Å². The molecule has 0 spiro atoms. The summed E-state index contributed by atoms with van der Waals surface area (Å²) in [5.74, 6) is -0.610. The summed E-state index contributed by atoms with van der Waals surface area (Å²) in [5, 5.41) is 4.39. The number of esters is 1. The highest BCUT2D eigenvalue weighted by Gasteiger charge is 2.21. The topological polar surface area (TPSA) is 74.1 Å². The van der Waals surface area contributed by atoms with Gasteiger partial charge in [0.2, 0.25) is 0 Å². The molecule has 0 radical (unpaired) electrons. The summed E-state index contributed by atoms with van der Waals surface area (Å²) in [6.07, 6.45) is 0. The SMILES string of the molecule is Cc1ccc(-n2nc(C(=O)OCC(=O)c3ccccc3)nc2-c2cccc(C)c2)cc1. The van der Waals surface area contributed by atoms with Crippen LogP contribution in [0.4, 0.5) is 0 Å². The van der Waals surface area contributed by atoms with E-state index in [1.54, 1.807) is 28.9 Å². The summed E-state index contributed by atoms with van der Waals surface area (Å²) in [4.78, 5) is 29.3. The molecule has 31 heavy (non-hydrogen) atoms. The average Bonchev–Trinajstić information content (AvgIpc) is 3.24. The van der Waals surface area contributed by atoms with Crippen molar-refractivity contribution in [3.8, 4) is 17.1 Å². The Balaban J connectivity index is 1.63. The zero-order chi connectivity index (χ0) is 21.8. The first kappa shape index (κ1) is 20.2. The van der Waals surface area contributed by atoms with Gasteiger partial charge < -0.3 is 4.74 Å². The number of benzene rings is 3. The molecule has 4 aromatic rings. The van der Waals surface area contributed by atoms with Crippen molar-refractivity contribution in [2.24, 2.45) is 0 Å². The number of ether oxygens (including phenoxy) is 1. The number of ketones is 1. The Morgan fingerprint density at radius 2 is 1.61 bits per heavy atom. The van der Waals surface area contributed by atoms with Gasteiger partial charge in [0, 0.05) is 11.1 Å². The van der Waals surface area contributed by atoms with Gasteiger partial charge >= 0.3 is 5.97 Å². The third-order valence-electron chi connectivity index (χ3n) is 4.77. The molecule has 3 aromatic carbocycles. The normalized spacial score (nSPS) is 10.6. The van der Waals surface area contributed by atoms with E-state index in [-0.39, 0.29) is 18.2 Å². The van der Waals surface area contributed by atoms with Crippen LogP contribution in [-0.2, 0) is 4.74 Å². The minimum atomic E-state index is -0.746. The molecule has 0 aliphatic rings. The third kappa shape index (κ3) is 4.59. The zero-order valence-electron chi connectivity index (χ0n) is 17.3. The van der Waals surface area contributed by atoms with Crippen molar-refractivity contribution in [1.29, 1.82) is 0 Å². The fourth-order valence-electron chi connectivity index (χ4n) is 3.14. The first-order valence-corrected chi connectivity index (χ1v) is 9.88. The molecule has 0 fully saturated rings. The number of nitrogens with zero attached hydrogens (tertiary/aromatic N) is 3. The lowest BCUT2D eigenvalue weighted by atomic mass is 10.1. The Labute approximate surface area is 180 Å². The standard InChI is InChI=1S/C25H21N3O3/c1-17-11-13-21(14-12-17)28-24(20-10-6-7-18(2)15-20)26-23(27-28)25(30)31-16-22(29)19-8-4-3-5-9-19/h3-15H,16H2,1-2H3. The van der Waals surface area contributed by atoms with Gasteiger partial charge in [0.25, 0.3) is 5.82 Å². The molecule has 1 heterocycles. The highest BCUT2D eigenvalue weighted by molar-refractivity contribution is 5.98. The van der Waals surface area contributed by atoms with E-state index in [2.05, 4.69) is 10.1 Å². The van der Waals surface area contributed by atoms with Crippen molar-refractivity contribution in [3.63, 3.8) is 0 Å². The summed E-state index contributed by atoms with van der Waals surface area (Å²) in [5.41, 5.74) is 4.25. The Morgan fingerprint density at radius 1 is 0.871 bits per heavy atom. The number of carbonyl (C=O) groups is 2. The first-order chi connectivity index (χ1) is 15.0. The molecular weight excluding hydrogens is 390 g/mol. The summed E-state index contributed by atoms with van der Waals surface area (Å²) < 4.78 is 6.82. The van der Waals surface area contributed by atoms with E-state index in [9.17, 15) is 9.59 Å². The van der Waals surface area contributed by atoms with E-state index in [1.165, 1.54) is 0 Å². The van der Waals surface area contributed by atoms with Crippen LogP contribution in [0.3, 0.4) is 0 Å². The Morgan fingerprint density at radius 3 is 2.32 bits per heavy atom. The molecule has 154 valence electrons. The van der Waals surface area contributed by atoms with E-state index in [0.29, 0.717) is 11.4 Å². The van der Waals surface area contributed by atoms with Crippen LogP contribution in [0.15, 0.2) is 78.9 Å². The first-order valence-electron chi connectivity index (χ1n) is 9.88. The summed E-state index contributed by atoms with van der Waals surface area (Å²) >= 11 is 0. The van der Waals surface area contributed by atoms with Crippen molar-refractivity contribution in [2.45, 2.75) is 13.8 Å². The molecule has 0 unspecified atom stereocenters. The third-order valence-corrected chi connectivity index (χ3v) is 4.77. The molecule has 0 atom stereocenters. The maximum absolute atomic E-state index is 12.6. The Hall–Kier alpha value is -4.06. The number of rotatable bonds is 6.